The zero-order valence-corrected chi connectivity index (χ0v) is 12.2. The molecule has 4 heteroatoms. The van der Waals surface area contributed by atoms with Gasteiger partial charge in [-0.2, -0.15) is 0 Å². The standard InChI is InChI=1S/C17H18FNO2/c1-12-9-13(2)11-14(10-12)17(20)19-7-8-21-16-5-3-15(18)4-6-16/h3-6,9-11H,7-8H2,1-2H3,(H,19,20). The first-order valence-corrected chi connectivity index (χ1v) is 6.79. The van der Waals surface area contributed by atoms with E-state index in [9.17, 15) is 9.18 Å². The Morgan fingerprint density at radius 3 is 2.33 bits per heavy atom. The molecule has 0 saturated carbocycles. The molecule has 1 N–H and O–H groups in total. The van der Waals surface area contributed by atoms with Gasteiger partial charge >= 0.3 is 0 Å². The molecular weight excluding hydrogens is 269 g/mol. The first kappa shape index (κ1) is 15.0. The summed E-state index contributed by atoms with van der Waals surface area (Å²) < 4.78 is 18.1. The topological polar surface area (TPSA) is 38.3 Å². The van der Waals surface area contributed by atoms with Crippen LogP contribution in [0.25, 0.3) is 0 Å². The molecule has 21 heavy (non-hydrogen) atoms. The molecule has 1 amide bonds. The number of aryl methyl sites for hydroxylation is 2. The van der Waals surface area contributed by atoms with E-state index in [-0.39, 0.29) is 11.7 Å². The molecule has 0 bridgehead atoms. The third-order valence-electron chi connectivity index (χ3n) is 2.95. The zero-order valence-electron chi connectivity index (χ0n) is 12.2. The maximum atomic E-state index is 12.7. The van der Waals surface area contributed by atoms with Crippen molar-refractivity contribution in [3.8, 4) is 5.75 Å². The quantitative estimate of drug-likeness (QED) is 0.857. The summed E-state index contributed by atoms with van der Waals surface area (Å²) >= 11 is 0. The van der Waals surface area contributed by atoms with Gasteiger partial charge in [-0.25, -0.2) is 4.39 Å². The van der Waals surface area contributed by atoms with Crippen LogP contribution < -0.4 is 10.1 Å². The molecule has 0 aliphatic carbocycles. The highest BCUT2D eigenvalue weighted by Gasteiger charge is 2.06. The molecule has 0 saturated heterocycles. The van der Waals surface area contributed by atoms with Crippen LogP contribution in [-0.2, 0) is 0 Å². The second-order valence-corrected chi connectivity index (χ2v) is 4.93. The van der Waals surface area contributed by atoms with Crippen molar-refractivity contribution in [2.75, 3.05) is 13.2 Å². The highest BCUT2D eigenvalue weighted by atomic mass is 19.1. The molecule has 0 unspecified atom stereocenters. The van der Waals surface area contributed by atoms with Crippen molar-refractivity contribution in [3.63, 3.8) is 0 Å². The molecule has 0 aliphatic heterocycles. The lowest BCUT2D eigenvalue weighted by molar-refractivity contribution is 0.0947. The van der Waals surface area contributed by atoms with E-state index >= 15 is 0 Å². The summed E-state index contributed by atoms with van der Waals surface area (Å²) in [5, 5.41) is 2.80. The number of amides is 1. The summed E-state index contributed by atoms with van der Waals surface area (Å²) in [6.07, 6.45) is 0. The van der Waals surface area contributed by atoms with Crippen LogP contribution in [0.3, 0.4) is 0 Å². The predicted molar refractivity (Wildman–Crippen MR) is 80.1 cm³/mol. The van der Waals surface area contributed by atoms with Crippen LogP contribution in [0.15, 0.2) is 42.5 Å². The van der Waals surface area contributed by atoms with Gasteiger partial charge in [0.15, 0.2) is 0 Å². The number of hydrogen-bond donors (Lipinski definition) is 1. The smallest absolute Gasteiger partial charge is 0.251 e. The highest BCUT2D eigenvalue weighted by Crippen LogP contribution is 2.11. The summed E-state index contributed by atoms with van der Waals surface area (Å²) in [5.74, 6) is 0.159. The van der Waals surface area contributed by atoms with Crippen LogP contribution in [0.4, 0.5) is 4.39 Å². The average Bonchev–Trinajstić information content (AvgIpc) is 2.44. The van der Waals surface area contributed by atoms with Crippen molar-refractivity contribution < 1.29 is 13.9 Å². The van der Waals surface area contributed by atoms with Gasteiger partial charge in [-0.05, 0) is 50.2 Å². The van der Waals surface area contributed by atoms with Crippen LogP contribution >= 0.6 is 0 Å². The third-order valence-corrected chi connectivity index (χ3v) is 2.95. The van der Waals surface area contributed by atoms with E-state index in [0.29, 0.717) is 24.5 Å². The Morgan fingerprint density at radius 1 is 1.10 bits per heavy atom. The van der Waals surface area contributed by atoms with Crippen molar-refractivity contribution in [2.45, 2.75) is 13.8 Å². The zero-order chi connectivity index (χ0) is 15.2. The molecule has 2 aromatic rings. The molecule has 0 aliphatic rings. The number of ether oxygens (including phenoxy) is 1. The fourth-order valence-electron chi connectivity index (χ4n) is 2.07. The number of benzene rings is 2. The Kier molecular flexibility index (Phi) is 4.93. The molecule has 0 spiro atoms. The molecule has 0 heterocycles. The second-order valence-electron chi connectivity index (χ2n) is 4.93. The molecule has 0 fully saturated rings. The minimum atomic E-state index is -0.300. The van der Waals surface area contributed by atoms with Crippen LogP contribution in [-0.4, -0.2) is 19.1 Å². The van der Waals surface area contributed by atoms with Crippen molar-refractivity contribution in [3.05, 3.63) is 65.0 Å². The number of carbonyl (C=O) groups is 1. The highest BCUT2D eigenvalue weighted by molar-refractivity contribution is 5.94. The van der Waals surface area contributed by atoms with Gasteiger partial charge in [0.05, 0.1) is 6.54 Å². The van der Waals surface area contributed by atoms with Gasteiger partial charge in [0.2, 0.25) is 0 Å². The normalized spacial score (nSPS) is 10.2. The largest absolute Gasteiger partial charge is 0.492 e. The van der Waals surface area contributed by atoms with Crippen LogP contribution in [0.1, 0.15) is 21.5 Å². The number of nitrogens with one attached hydrogen (secondary N) is 1. The summed E-state index contributed by atoms with van der Waals surface area (Å²) in [5.41, 5.74) is 2.76. The first-order valence-electron chi connectivity index (χ1n) is 6.79. The molecule has 2 rings (SSSR count). The van der Waals surface area contributed by atoms with Gasteiger partial charge in [-0.15, -0.1) is 0 Å². The Balaban J connectivity index is 1.80. The van der Waals surface area contributed by atoms with Crippen molar-refractivity contribution in [1.82, 2.24) is 5.32 Å². The molecule has 0 atom stereocenters. The van der Waals surface area contributed by atoms with E-state index in [1.54, 1.807) is 12.1 Å². The van der Waals surface area contributed by atoms with Crippen molar-refractivity contribution >= 4 is 5.91 Å². The molecule has 0 radical (unpaired) electrons. The molecule has 3 nitrogen and oxygen atoms in total. The Morgan fingerprint density at radius 2 is 1.71 bits per heavy atom. The Hall–Kier alpha value is -2.36. The van der Waals surface area contributed by atoms with E-state index in [0.717, 1.165) is 11.1 Å². The lowest BCUT2D eigenvalue weighted by atomic mass is 10.1. The monoisotopic (exact) mass is 287 g/mol. The minimum Gasteiger partial charge on any atom is -0.492 e. The van der Waals surface area contributed by atoms with Gasteiger partial charge in [-0.3, -0.25) is 4.79 Å². The number of hydrogen-bond acceptors (Lipinski definition) is 2. The van der Waals surface area contributed by atoms with Gasteiger partial charge in [-0.1, -0.05) is 17.2 Å². The number of rotatable bonds is 5. The van der Waals surface area contributed by atoms with E-state index in [1.165, 1.54) is 12.1 Å². The summed E-state index contributed by atoms with van der Waals surface area (Å²) in [4.78, 5) is 12.0. The van der Waals surface area contributed by atoms with Gasteiger partial charge < -0.3 is 10.1 Å². The van der Waals surface area contributed by atoms with E-state index in [1.807, 2.05) is 32.0 Å². The maximum Gasteiger partial charge on any atom is 0.251 e. The second kappa shape index (κ2) is 6.88. The Labute approximate surface area is 123 Å². The van der Waals surface area contributed by atoms with E-state index in [4.69, 9.17) is 4.74 Å². The molecule has 0 aromatic heterocycles. The first-order chi connectivity index (χ1) is 10.0. The Bertz CT molecular complexity index is 603. The lowest BCUT2D eigenvalue weighted by Crippen LogP contribution is -2.28. The van der Waals surface area contributed by atoms with Gasteiger partial charge in [0, 0.05) is 5.56 Å². The van der Waals surface area contributed by atoms with Crippen LogP contribution in [0.5, 0.6) is 5.75 Å². The molecule has 2 aromatic carbocycles. The van der Waals surface area contributed by atoms with E-state index in [2.05, 4.69) is 5.32 Å². The molecule has 110 valence electrons. The molecular formula is C17H18FNO2. The fraction of sp³-hybridized carbons (Fsp3) is 0.235. The van der Waals surface area contributed by atoms with E-state index < -0.39 is 0 Å². The van der Waals surface area contributed by atoms with Crippen LogP contribution in [0, 0.1) is 19.7 Å². The summed E-state index contributed by atoms with van der Waals surface area (Å²) in [6, 6.07) is 11.5. The fourth-order valence-corrected chi connectivity index (χ4v) is 2.07. The SMILES string of the molecule is Cc1cc(C)cc(C(=O)NCCOc2ccc(F)cc2)c1. The van der Waals surface area contributed by atoms with Crippen LogP contribution in [0.2, 0.25) is 0 Å². The number of halogens is 1. The predicted octanol–water partition coefficient (Wildman–Crippen LogP) is 3.25. The summed E-state index contributed by atoms with van der Waals surface area (Å²) in [6.45, 7) is 4.65. The number of carbonyl (C=O) groups excluding carboxylic acids is 1. The maximum absolute atomic E-state index is 12.7. The van der Waals surface area contributed by atoms with Gasteiger partial charge in [0.25, 0.3) is 5.91 Å². The summed E-state index contributed by atoms with van der Waals surface area (Å²) in [7, 11) is 0. The van der Waals surface area contributed by atoms with Crippen molar-refractivity contribution in [1.29, 1.82) is 0 Å². The average molecular weight is 287 g/mol. The van der Waals surface area contributed by atoms with Crippen molar-refractivity contribution in [2.24, 2.45) is 0 Å². The van der Waals surface area contributed by atoms with Gasteiger partial charge in [0.1, 0.15) is 18.2 Å². The third kappa shape index (κ3) is 4.60. The minimum absolute atomic E-state index is 0.121. The lowest BCUT2D eigenvalue weighted by Gasteiger charge is -2.09.